The van der Waals surface area contributed by atoms with Gasteiger partial charge in [0.05, 0.1) is 16.6 Å². The Morgan fingerprint density at radius 1 is 1.05 bits per heavy atom. The van der Waals surface area contributed by atoms with Gasteiger partial charge in [-0.3, -0.25) is 9.78 Å². The Labute approximate surface area is 130 Å². The lowest BCUT2D eigenvalue weighted by atomic mass is 10.0. The minimum Gasteiger partial charge on any atom is -0.463 e. The van der Waals surface area contributed by atoms with Crippen LogP contribution in [0.25, 0.3) is 33.0 Å². The van der Waals surface area contributed by atoms with Crippen LogP contribution >= 0.6 is 11.6 Å². The van der Waals surface area contributed by atoms with Crippen LogP contribution in [0.1, 0.15) is 0 Å². The molecule has 4 aromatic rings. The first-order valence-electron chi connectivity index (χ1n) is 6.79. The number of pyridine rings is 1. The molecule has 2 heterocycles. The zero-order valence-corrected chi connectivity index (χ0v) is 12.2. The van der Waals surface area contributed by atoms with E-state index in [-0.39, 0.29) is 5.43 Å². The molecule has 0 amide bonds. The zero-order valence-electron chi connectivity index (χ0n) is 11.4. The molecule has 2 aromatic carbocycles. The van der Waals surface area contributed by atoms with Crippen molar-refractivity contribution < 1.29 is 4.42 Å². The maximum Gasteiger partial charge on any atom is 0.202 e. The first kappa shape index (κ1) is 13.0. The van der Waals surface area contributed by atoms with Crippen molar-refractivity contribution in [1.29, 1.82) is 0 Å². The summed E-state index contributed by atoms with van der Waals surface area (Å²) >= 11 is 5.99. The van der Waals surface area contributed by atoms with E-state index in [4.69, 9.17) is 16.0 Å². The molecule has 0 aliphatic rings. The number of rotatable bonds is 1. The molecule has 0 aliphatic heterocycles. The standard InChI is InChI=1S/C18H10ClNO2/c19-12-7-8-20-15(9-12)14-10-22-16-6-5-11-3-1-2-4-13(11)17(16)18(14)21/h1-10H. The fraction of sp³-hybridized carbons (Fsp3) is 0. The van der Waals surface area contributed by atoms with Gasteiger partial charge in [-0.2, -0.15) is 0 Å². The highest BCUT2D eigenvalue weighted by Gasteiger charge is 2.12. The molecular weight excluding hydrogens is 298 g/mol. The van der Waals surface area contributed by atoms with Gasteiger partial charge in [-0.25, -0.2) is 0 Å². The third-order valence-corrected chi connectivity index (χ3v) is 3.90. The predicted molar refractivity (Wildman–Crippen MR) is 88.2 cm³/mol. The van der Waals surface area contributed by atoms with Gasteiger partial charge in [-0.1, -0.05) is 41.9 Å². The Morgan fingerprint density at radius 2 is 1.91 bits per heavy atom. The summed E-state index contributed by atoms with van der Waals surface area (Å²) in [5.74, 6) is 0. The molecule has 0 saturated carbocycles. The van der Waals surface area contributed by atoms with Crippen molar-refractivity contribution in [2.75, 3.05) is 0 Å². The van der Waals surface area contributed by atoms with Gasteiger partial charge in [0.15, 0.2) is 0 Å². The quantitative estimate of drug-likeness (QED) is 0.480. The van der Waals surface area contributed by atoms with E-state index in [9.17, 15) is 4.79 Å². The number of hydrogen-bond acceptors (Lipinski definition) is 3. The van der Waals surface area contributed by atoms with Crippen LogP contribution in [0, 0.1) is 0 Å². The number of benzene rings is 2. The first-order chi connectivity index (χ1) is 10.7. The fourth-order valence-electron chi connectivity index (χ4n) is 2.62. The summed E-state index contributed by atoms with van der Waals surface area (Å²) in [6.07, 6.45) is 3.02. The van der Waals surface area contributed by atoms with Crippen molar-refractivity contribution in [2.24, 2.45) is 0 Å². The lowest BCUT2D eigenvalue weighted by molar-refractivity contribution is 0.605. The van der Waals surface area contributed by atoms with Crippen molar-refractivity contribution in [3.05, 3.63) is 76.2 Å². The van der Waals surface area contributed by atoms with Crippen LogP contribution in [0.3, 0.4) is 0 Å². The third-order valence-electron chi connectivity index (χ3n) is 3.66. The molecule has 106 valence electrons. The summed E-state index contributed by atoms with van der Waals surface area (Å²) in [6, 6.07) is 14.8. The maximum absolute atomic E-state index is 12.9. The van der Waals surface area contributed by atoms with E-state index in [0.717, 1.165) is 10.8 Å². The summed E-state index contributed by atoms with van der Waals surface area (Å²) in [5, 5.41) is 2.97. The summed E-state index contributed by atoms with van der Waals surface area (Å²) in [6.45, 7) is 0. The number of aromatic nitrogens is 1. The summed E-state index contributed by atoms with van der Waals surface area (Å²) in [4.78, 5) is 17.1. The largest absolute Gasteiger partial charge is 0.463 e. The van der Waals surface area contributed by atoms with Crippen molar-refractivity contribution in [1.82, 2.24) is 4.98 Å². The Balaban J connectivity index is 2.13. The van der Waals surface area contributed by atoms with Gasteiger partial charge in [0.1, 0.15) is 11.8 Å². The van der Waals surface area contributed by atoms with Gasteiger partial charge in [0, 0.05) is 11.2 Å². The lowest BCUT2D eigenvalue weighted by Crippen LogP contribution is -2.06. The Hall–Kier alpha value is -2.65. The van der Waals surface area contributed by atoms with E-state index in [1.54, 1.807) is 18.3 Å². The van der Waals surface area contributed by atoms with E-state index < -0.39 is 0 Å². The highest BCUT2D eigenvalue weighted by atomic mass is 35.5. The molecule has 0 radical (unpaired) electrons. The van der Waals surface area contributed by atoms with Crippen LogP contribution < -0.4 is 5.43 Å². The minimum atomic E-state index is -0.104. The zero-order chi connectivity index (χ0) is 15.1. The normalized spacial score (nSPS) is 11.1. The van der Waals surface area contributed by atoms with Gasteiger partial charge in [-0.05, 0) is 29.0 Å². The molecule has 3 nitrogen and oxygen atoms in total. The van der Waals surface area contributed by atoms with Crippen LogP contribution in [-0.4, -0.2) is 4.98 Å². The van der Waals surface area contributed by atoms with Gasteiger partial charge in [0.25, 0.3) is 0 Å². The molecule has 0 saturated heterocycles. The molecule has 2 aromatic heterocycles. The second kappa shape index (κ2) is 4.97. The lowest BCUT2D eigenvalue weighted by Gasteiger charge is -2.05. The Morgan fingerprint density at radius 3 is 2.77 bits per heavy atom. The number of nitrogens with zero attached hydrogens (tertiary/aromatic N) is 1. The van der Waals surface area contributed by atoms with Crippen molar-refractivity contribution in [3.8, 4) is 11.3 Å². The average molecular weight is 308 g/mol. The summed E-state index contributed by atoms with van der Waals surface area (Å²) < 4.78 is 5.64. The van der Waals surface area contributed by atoms with Gasteiger partial charge < -0.3 is 4.42 Å². The highest BCUT2D eigenvalue weighted by molar-refractivity contribution is 6.30. The van der Waals surface area contributed by atoms with E-state index in [2.05, 4.69) is 4.98 Å². The smallest absolute Gasteiger partial charge is 0.202 e. The number of halogens is 1. The van der Waals surface area contributed by atoms with Crippen LogP contribution in [0.2, 0.25) is 5.02 Å². The van der Waals surface area contributed by atoms with Crippen molar-refractivity contribution >= 4 is 33.3 Å². The number of fused-ring (bicyclic) bond motifs is 3. The first-order valence-corrected chi connectivity index (χ1v) is 7.17. The van der Waals surface area contributed by atoms with Gasteiger partial charge >= 0.3 is 0 Å². The number of hydrogen-bond donors (Lipinski definition) is 0. The molecular formula is C18H10ClNO2. The molecule has 0 unspecified atom stereocenters. The second-order valence-electron chi connectivity index (χ2n) is 5.00. The van der Waals surface area contributed by atoms with E-state index >= 15 is 0 Å². The van der Waals surface area contributed by atoms with Crippen LogP contribution in [0.5, 0.6) is 0 Å². The maximum atomic E-state index is 12.9. The molecule has 0 atom stereocenters. The third kappa shape index (κ3) is 1.98. The average Bonchev–Trinajstić information content (AvgIpc) is 2.55. The second-order valence-corrected chi connectivity index (χ2v) is 5.43. The van der Waals surface area contributed by atoms with E-state index in [1.807, 2.05) is 36.4 Å². The Kier molecular flexibility index (Phi) is 2.94. The molecule has 4 rings (SSSR count). The fourth-order valence-corrected chi connectivity index (χ4v) is 2.78. The van der Waals surface area contributed by atoms with Crippen LogP contribution in [0.15, 0.2) is 70.2 Å². The molecule has 22 heavy (non-hydrogen) atoms. The van der Waals surface area contributed by atoms with Crippen LogP contribution in [0.4, 0.5) is 0 Å². The van der Waals surface area contributed by atoms with Crippen LogP contribution in [-0.2, 0) is 0 Å². The molecule has 4 heteroatoms. The Bertz CT molecular complexity index is 1070. The van der Waals surface area contributed by atoms with E-state index in [1.165, 1.54) is 6.26 Å². The summed E-state index contributed by atoms with van der Waals surface area (Å²) in [7, 11) is 0. The van der Waals surface area contributed by atoms with Gasteiger partial charge in [-0.15, -0.1) is 0 Å². The summed E-state index contributed by atoms with van der Waals surface area (Å²) in [5.41, 5.74) is 1.38. The monoisotopic (exact) mass is 307 g/mol. The van der Waals surface area contributed by atoms with Crippen molar-refractivity contribution in [3.63, 3.8) is 0 Å². The SMILES string of the molecule is O=c1c(-c2cc(Cl)ccn2)coc2ccc3ccccc3c12. The topological polar surface area (TPSA) is 43.1 Å². The molecule has 0 bridgehead atoms. The molecule has 0 spiro atoms. The molecule has 0 N–H and O–H groups in total. The van der Waals surface area contributed by atoms with E-state index in [0.29, 0.717) is 27.2 Å². The predicted octanol–water partition coefficient (Wildman–Crippen LogP) is 4.66. The minimum absolute atomic E-state index is 0.104. The molecule has 0 aliphatic carbocycles. The van der Waals surface area contributed by atoms with Gasteiger partial charge in [0.2, 0.25) is 5.43 Å². The molecule has 0 fully saturated rings. The van der Waals surface area contributed by atoms with Crippen molar-refractivity contribution in [2.45, 2.75) is 0 Å². The highest BCUT2D eigenvalue weighted by Crippen LogP contribution is 2.26.